The summed E-state index contributed by atoms with van der Waals surface area (Å²) in [5.41, 5.74) is 2.33. The molecule has 1 heterocycles. The number of aromatic carboxylic acids is 1. The highest BCUT2D eigenvalue weighted by atomic mass is 32.2. The maximum Gasteiger partial charge on any atom is 0.335 e. The van der Waals surface area contributed by atoms with Gasteiger partial charge in [-0.3, -0.25) is 14.4 Å². The minimum Gasteiger partial charge on any atom is -0.478 e. The van der Waals surface area contributed by atoms with Gasteiger partial charge in [0.15, 0.2) is 0 Å². The Morgan fingerprint density at radius 3 is 2.32 bits per heavy atom. The summed E-state index contributed by atoms with van der Waals surface area (Å²) < 4.78 is 5.09. The van der Waals surface area contributed by atoms with Crippen molar-refractivity contribution in [3.8, 4) is 0 Å². The lowest BCUT2D eigenvalue weighted by atomic mass is 10.1. The van der Waals surface area contributed by atoms with Crippen LogP contribution in [0.15, 0.2) is 54.6 Å². The fourth-order valence-corrected chi connectivity index (χ4v) is 6.98. The second-order valence-electron chi connectivity index (χ2n) is 11.3. The van der Waals surface area contributed by atoms with E-state index in [-0.39, 0.29) is 48.1 Å². The van der Waals surface area contributed by atoms with Crippen LogP contribution in [0, 0.1) is 0 Å². The monoisotopic (exact) mass is 624 g/mol. The topological polar surface area (TPSA) is 104 Å². The average molecular weight is 625 g/mol. The number of hydrogen-bond donors (Lipinski definition) is 1. The normalized spacial score (nSPS) is 16.2. The lowest BCUT2D eigenvalue weighted by Crippen LogP contribution is -2.38. The summed E-state index contributed by atoms with van der Waals surface area (Å²) in [5, 5.41) is 8.74. The minimum atomic E-state index is -0.933. The molecule has 2 aromatic carbocycles. The Balaban J connectivity index is 1.62. The number of rotatable bonds is 20. The number of benzene rings is 2. The predicted molar refractivity (Wildman–Crippen MR) is 174 cm³/mol. The van der Waals surface area contributed by atoms with E-state index in [4.69, 9.17) is 9.84 Å². The van der Waals surface area contributed by atoms with Gasteiger partial charge in [-0.25, -0.2) is 4.79 Å². The summed E-state index contributed by atoms with van der Waals surface area (Å²) >= 11 is 1.62. The number of amides is 2. The van der Waals surface area contributed by atoms with E-state index in [1.807, 2.05) is 47.4 Å². The number of thioether (sulfide) groups is 1. The molecule has 2 aromatic rings. The van der Waals surface area contributed by atoms with E-state index in [0.29, 0.717) is 19.7 Å². The SMILES string of the molecule is CCCCCCCC1SC(CC(=O)N(CCC(=O)OCC)Cc2ccccc2)C(=O)N1CCCCc1ccc(C(=O)O)cc1. The molecule has 0 bridgehead atoms. The lowest BCUT2D eigenvalue weighted by molar-refractivity contribution is -0.144. The van der Waals surface area contributed by atoms with Crippen LogP contribution in [-0.2, 0) is 32.1 Å². The first-order chi connectivity index (χ1) is 21.3. The van der Waals surface area contributed by atoms with Gasteiger partial charge in [0, 0.05) is 26.1 Å². The zero-order valence-electron chi connectivity index (χ0n) is 26.2. The molecule has 0 spiro atoms. The van der Waals surface area contributed by atoms with E-state index in [9.17, 15) is 19.2 Å². The summed E-state index contributed by atoms with van der Waals surface area (Å²) in [5.74, 6) is -1.37. The fraction of sp³-hybridized carbons (Fsp3) is 0.543. The highest BCUT2D eigenvalue weighted by Crippen LogP contribution is 2.37. The molecule has 1 aliphatic heterocycles. The molecule has 0 aromatic heterocycles. The van der Waals surface area contributed by atoms with Crippen molar-refractivity contribution in [1.29, 1.82) is 0 Å². The fourth-order valence-electron chi connectivity index (χ4n) is 5.45. The van der Waals surface area contributed by atoms with Crippen LogP contribution in [0.2, 0.25) is 0 Å². The highest BCUT2D eigenvalue weighted by Gasteiger charge is 2.41. The van der Waals surface area contributed by atoms with Gasteiger partial charge >= 0.3 is 11.9 Å². The van der Waals surface area contributed by atoms with Crippen molar-refractivity contribution in [3.63, 3.8) is 0 Å². The molecule has 2 unspecified atom stereocenters. The van der Waals surface area contributed by atoms with Gasteiger partial charge < -0.3 is 19.6 Å². The van der Waals surface area contributed by atoms with E-state index in [1.165, 1.54) is 19.3 Å². The Hall–Kier alpha value is -3.33. The maximum atomic E-state index is 13.7. The Labute approximate surface area is 266 Å². The van der Waals surface area contributed by atoms with Crippen LogP contribution < -0.4 is 0 Å². The zero-order chi connectivity index (χ0) is 31.7. The lowest BCUT2D eigenvalue weighted by Gasteiger charge is -2.24. The van der Waals surface area contributed by atoms with Crippen LogP contribution in [0.25, 0.3) is 0 Å². The third kappa shape index (κ3) is 11.6. The Bertz CT molecular complexity index is 1190. The maximum absolute atomic E-state index is 13.7. The number of carbonyl (C=O) groups is 4. The van der Waals surface area contributed by atoms with Crippen molar-refractivity contribution >= 4 is 35.5 Å². The van der Waals surface area contributed by atoms with Gasteiger partial charge in [-0.1, -0.05) is 81.5 Å². The third-order valence-corrected chi connectivity index (χ3v) is 9.42. The Morgan fingerprint density at radius 2 is 1.64 bits per heavy atom. The molecule has 0 aliphatic carbocycles. The molecule has 2 atom stereocenters. The number of unbranched alkanes of at least 4 members (excludes halogenated alkanes) is 5. The van der Waals surface area contributed by atoms with Crippen LogP contribution in [0.4, 0.5) is 0 Å². The molecule has 240 valence electrons. The molecule has 1 aliphatic rings. The minimum absolute atomic E-state index is 0.0257. The van der Waals surface area contributed by atoms with Gasteiger partial charge in [0.05, 0.1) is 29.2 Å². The number of aryl methyl sites for hydroxylation is 1. The number of carbonyl (C=O) groups excluding carboxylic acids is 3. The van der Waals surface area contributed by atoms with Crippen molar-refractivity contribution in [2.75, 3.05) is 19.7 Å². The van der Waals surface area contributed by atoms with E-state index in [2.05, 4.69) is 6.92 Å². The zero-order valence-corrected chi connectivity index (χ0v) is 27.1. The first kappa shape index (κ1) is 35.2. The molecule has 1 N–H and O–H groups in total. The first-order valence-corrected chi connectivity index (χ1v) is 17.0. The van der Waals surface area contributed by atoms with Crippen molar-refractivity contribution in [1.82, 2.24) is 9.80 Å². The molecule has 1 fully saturated rings. The number of carboxylic acid groups (broad SMARTS) is 1. The summed E-state index contributed by atoms with van der Waals surface area (Å²) in [7, 11) is 0. The smallest absolute Gasteiger partial charge is 0.335 e. The third-order valence-electron chi connectivity index (χ3n) is 7.92. The number of nitrogens with zero attached hydrogens (tertiary/aromatic N) is 2. The van der Waals surface area contributed by atoms with E-state index < -0.39 is 11.2 Å². The quantitative estimate of drug-likeness (QED) is 0.129. The van der Waals surface area contributed by atoms with Crippen LogP contribution >= 0.6 is 11.8 Å². The van der Waals surface area contributed by atoms with Gasteiger partial charge in [0.2, 0.25) is 11.8 Å². The molecule has 1 saturated heterocycles. The molecule has 8 nitrogen and oxygen atoms in total. The van der Waals surface area contributed by atoms with Crippen molar-refractivity contribution < 1.29 is 29.0 Å². The molecule has 0 saturated carbocycles. The second-order valence-corrected chi connectivity index (χ2v) is 12.7. The van der Waals surface area contributed by atoms with Gasteiger partial charge in [0.1, 0.15) is 0 Å². The second kappa shape index (κ2) is 19.1. The van der Waals surface area contributed by atoms with Crippen LogP contribution in [0.3, 0.4) is 0 Å². The highest BCUT2D eigenvalue weighted by molar-refractivity contribution is 8.01. The number of ether oxygens (including phenoxy) is 1. The first-order valence-electron chi connectivity index (χ1n) is 16.1. The summed E-state index contributed by atoms with van der Waals surface area (Å²) in [6.45, 7) is 5.52. The van der Waals surface area contributed by atoms with Gasteiger partial charge in [-0.05, 0) is 55.9 Å². The van der Waals surface area contributed by atoms with Crippen LogP contribution in [0.1, 0.15) is 99.5 Å². The molecular formula is C35H48N2O6S. The molecule has 3 rings (SSSR count). The van der Waals surface area contributed by atoms with Gasteiger partial charge in [0.25, 0.3) is 0 Å². The summed E-state index contributed by atoms with van der Waals surface area (Å²) in [4.78, 5) is 54.2. The summed E-state index contributed by atoms with van der Waals surface area (Å²) in [6.07, 6.45) is 9.45. The van der Waals surface area contributed by atoms with Crippen LogP contribution in [-0.4, -0.2) is 69.0 Å². The number of esters is 1. The van der Waals surface area contributed by atoms with Crippen LogP contribution in [0.5, 0.6) is 0 Å². The van der Waals surface area contributed by atoms with Gasteiger partial charge in [-0.2, -0.15) is 0 Å². The molecule has 0 radical (unpaired) electrons. The predicted octanol–water partition coefficient (Wildman–Crippen LogP) is 6.71. The molecule has 44 heavy (non-hydrogen) atoms. The van der Waals surface area contributed by atoms with Crippen molar-refractivity contribution in [2.24, 2.45) is 0 Å². The summed E-state index contributed by atoms with van der Waals surface area (Å²) in [6, 6.07) is 16.6. The molecular weight excluding hydrogens is 576 g/mol. The number of carboxylic acids is 1. The van der Waals surface area contributed by atoms with E-state index in [1.54, 1.807) is 35.7 Å². The Kier molecular flexibility index (Phi) is 15.3. The molecule has 9 heteroatoms. The Morgan fingerprint density at radius 1 is 0.909 bits per heavy atom. The van der Waals surface area contributed by atoms with E-state index in [0.717, 1.165) is 49.7 Å². The molecule has 2 amide bonds. The van der Waals surface area contributed by atoms with Crippen molar-refractivity contribution in [2.45, 2.75) is 102 Å². The van der Waals surface area contributed by atoms with E-state index >= 15 is 0 Å². The average Bonchev–Trinajstić information content (AvgIpc) is 3.31. The largest absolute Gasteiger partial charge is 0.478 e. The standard InChI is InChI=1S/C35H48N2O6S/c1-3-5-6-7-11-17-32-37(23-13-12-14-27-18-20-29(21-19-27)35(41)42)34(40)30(44-32)25-31(38)36(24-22-33(39)43-4-2)26-28-15-9-8-10-16-28/h8-10,15-16,18-21,30,32H,3-7,11-14,17,22-26H2,1-2H3,(H,41,42). The van der Waals surface area contributed by atoms with Gasteiger partial charge in [-0.15, -0.1) is 11.8 Å². The number of hydrogen-bond acceptors (Lipinski definition) is 6. The van der Waals surface area contributed by atoms with Crippen molar-refractivity contribution in [3.05, 3.63) is 71.3 Å².